The predicted octanol–water partition coefficient (Wildman–Crippen LogP) is 2.77. The second-order valence-electron chi connectivity index (χ2n) is 4.71. The lowest BCUT2D eigenvalue weighted by Crippen LogP contribution is -2.47. The van der Waals surface area contributed by atoms with Gasteiger partial charge in [0.05, 0.1) is 6.10 Å². The van der Waals surface area contributed by atoms with Gasteiger partial charge in [0.15, 0.2) is 0 Å². The molecule has 1 heterocycles. The minimum absolute atomic E-state index is 0.283. The first-order valence-corrected chi connectivity index (χ1v) is 4.88. The largest absolute Gasteiger partial charge is 0.378 e. The Hall–Kier alpha value is -0.300. The zero-order valence-corrected chi connectivity index (χ0v) is 8.26. The number of fused-ring (bicyclic) bond motifs is 1. The molecule has 1 aliphatic carbocycles. The smallest absolute Gasteiger partial charge is 0.0640 e. The van der Waals surface area contributed by atoms with E-state index < -0.39 is 0 Å². The van der Waals surface area contributed by atoms with E-state index in [0.717, 1.165) is 6.61 Å². The molecule has 0 amide bonds. The third-order valence-electron chi connectivity index (χ3n) is 4.20. The molecular formula is C11H18O. The normalized spacial score (nSPS) is 52.4. The Morgan fingerprint density at radius 2 is 2.17 bits per heavy atom. The van der Waals surface area contributed by atoms with Crippen LogP contribution in [-0.4, -0.2) is 12.7 Å². The van der Waals surface area contributed by atoms with E-state index >= 15 is 0 Å². The van der Waals surface area contributed by atoms with Crippen molar-refractivity contribution in [3.63, 3.8) is 0 Å². The molecule has 0 saturated carbocycles. The second-order valence-corrected chi connectivity index (χ2v) is 4.71. The lowest BCUT2D eigenvalue weighted by atomic mass is 9.62. The van der Waals surface area contributed by atoms with Crippen molar-refractivity contribution in [1.82, 2.24) is 0 Å². The minimum atomic E-state index is 0.283. The summed E-state index contributed by atoms with van der Waals surface area (Å²) in [6.45, 7) is 7.87. The maximum atomic E-state index is 5.71. The van der Waals surface area contributed by atoms with Crippen molar-refractivity contribution in [3.8, 4) is 0 Å². The molecule has 0 aromatic carbocycles. The van der Waals surface area contributed by atoms with Crippen LogP contribution >= 0.6 is 0 Å². The van der Waals surface area contributed by atoms with E-state index in [1.54, 1.807) is 0 Å². The third-order valence-corrected chi connectivity index (χ3v) is 4.20. The number of hydrogen-bond donors (Lipinski definition) is 0. The van der Waals surface area contributed by atoms with Crippen LogP contribution in [0.1, 0.15) is 33.6 Å². The molecule has 1 heteroatoms. The Labute approximate surface area is 74.8 Å². The highest BCUT2D eigenvalue weighted by Gasteiger charge is 2.51. The SMILES string of the molecule is CC1OCCC2(C)CC=CC12C. The topological polar surface area (TPSA) is 9.23 Å². The highest BCUT2D eigenvalue weighted by molar-refractivity contribution is 5.18. The minimum Gasteiger partial charge on any atom is -0.378 e. The van der Waals surface area contributed by atoms with Crippen molar-refractivity contribution < 1.29 is 4.74 Å². The Bertz CT molecular complexity index is 221. The molecule has 1 aliphatic heterocycles. The van der Waals surface area contributed by atoms with Gasteiger partial charge in [-0.25, -0.2) is 0 Å². The van der Waals surface area contributed by atoms with Crippen molar-refractivity contribution in [2.45, 2.75) is 39.7 Å². The number of allylic oxidation sites excluding steroid dienone is 1. The molecule has 1 nitrogen and oxygen atoms in total. The van der Waals surface area contributed by atoms with Crippen LogP contribution in [0.5, 0.6) is 0 Å². The van der Waals surface area contributed by atoms with Gasteiger partial charge in [0.1, 0.15) is 0 Å². The average Bonchev–Trinajstić information content (AvgIpc) is 2.30. The zero-order valence-electron chi connectivity index (χ0n) is 8.26. The second kappa shape index (κ2) is 2.35. The molecule has 0 N–H and O–H groups in total. The summed E-state index contributed by atoms with van der Waals surface area (Å²) in [5.74, 6) is 0. The van der Waals surface area contributed by atoms with Crippen LogP contribution in [0.15, 0.2) is 12.2 Å². The van der Waals surface area contributed by atoms with Crippen molar-refractivity contribution >= 4 is 0 Å². The summed E-state index contributed by atoms with van der Waals surface area (Å²) in [5.41, 5.74) is 0.746. The van der Waals surface area contributed by atoms with Crippen LogP contribution in [0.2, 0.25) is 0 Å². The first kappa shape index (κ1) is 8.31. The zero-order chi connectivity index (χ0) is 8.82. The van der Waals surface area contributed by atoms with Crippen LogP contribution in [0.3, 0.4) is 0 Å². The van der Waals surface area contributed by atoms with Gasteiger partial charge < -0.3 is 4.74 Å². The van der Waals surface area contributed by atoms with Gasteiger partial charge in [-0.1, -0.05) is 26.0 Å². The first-order chi connectivity index (χ1) is 5.58. The van der Waals surface area contributed by atoms with Gasteiger partial charge in [-0.2, -0.15) is 0 Å². The van der Waals surface area contributed by atoms with Gasteiger partial charge in [-0.15, -0.1) is 0 Å². The molecule has 12 heavy (non-hydrogen) atoms. The third kappa shape index (κ3) is 0.832. The van der Waals surface area contributed by atoms with Crippen LogP contribution in [0, 0.1) is 10.8 Å². The van der Waals surface area contributed by atoms with E-state index in [1.165, 1.54) is 12.8 Å². The van der Waals surface area contributed by atoms with E-state index in [-0.39, 0.29) is 5.41 Å². The lowest BCUT2D eigenvalue weighted by molar-refractivity contribution is -0.112. The quantitative estimate of drug-likeness (QED) is 0.503. The van der Waals surface area contributed by atoms with Gasteiger partial charge in [0, 0.05) is 12.0 Å². The highest BCUT2D eigenvalue weighted by atomic mass is 16.5. The standard InChI is InChI=1S/C11H18O/c1-9-11(3)6-4-5-10(11,2)7-8-12-9/h4,6,9H,5,7-8H2,1-3H3. The Balaban J connectivity index is 2.35. The summed E-state index contributed by atoms with van der Waals surface area (Å²) < 4.78 is 5.71. The molecule has 3 atom stereocenters. The Morgan fingerprint density at radius 3 is 2.83 bits per heavy atom. The van der Waals surface area contributed by atoms with Crippen molar-refractivity contribution in [1.29, 1.82) is 0 Å². The van der Waals surface area contributed by atoms with Crippen molar-refractivity contribution in [2.24, 2.45) is 10.8 Å². The van der Waals surface area contributed by atoms with Gasteiger partial charge in [-0.3, -0.25) is 0 Å². The van der Waals surface area contributed by atoms with Crippen molar-refractivity contribution in [3.05, 3.63) is 12.2 Å². The first-order valence-electron chi connectivity index (χ1n) is 4.88. The van der Waals surface area contributed by atoms with Gasteiger partial charge in [0.25, 0.3) is 0 Å². The number of ether oxygens (including phenoxy) is 1. The van der Waals surface area contributed by atoms with Crippen LogP contribution in [0.4, 0.5) is 0 Å². The van der Waals surface area contributed by atoms with Crippen LogP contribution < -0.4 is 0 Å². The fraction of sp³-hybridized carbons (Fsp3) is 0.818. The lowest BCUT2D eigenvalue weighted by Gasteiger charge is -2.48. The summed E-state index contributed by atoms with van der Waals surface area (Å²) in [6, 6.07) is 0. The molecule has 1 saturated heterocycles. The summed E-state index contributed by atoms with van der Waals surface area (Å²) in [5, 5.41) is 0. The number of rotatable bonds is 0. The van der Waals surface area contributed by atoms with E-state index in [0.29, 0.717) is 11.5 Å². The van der Waals surface area contributed by atoms with Crippen LogP contribution in [0.25, 0.3) is 0 Å². The molecule has 0 aromatic rings. The molecule has 0 bridgehead atoms. The molecular weight excluding hydrogens is 148 g/mol. The summed E-state index contributed by atoms with van der Waals surface area (Å²) >= 11 is 0. The summed E-state index contributed by atoms with van der Waals surface area (Å²) in [4.78, 5) is 0. The Morgan fingerprint density at radius 1 is 1.42 bits per heavy atom. The fourth-order valence-corrected chi connectivity index (χ4v) is 2.62. The van der Waals surface area contributed by atoms with E-state index in [9.17, 15) is 0 Å². The molecule has 2 rings (SSSR count). The molecule has 68 valence electrons. The fourth-order valence-electron chi connectivity index (χ4n) is 2.62. The molecule has 0 radical (unpaired) electrons. The van der Waals surface area contributed by atoms with E-state index in [2.05, 4.69) is 32.9 Å². The molecule has 1 fully saturated rings. The van der Waals surface area contributed by atoms with Crippen LogP contribution in [-0.2, 0) is 4.74 Å². The maximum absolute atomic E-state index is 5.71. The van der Waals surface area contributed by atoms with Gasteiger partial charge in [-0.05, 0) is 25.2 Å². The molecule has 0 spiro atoms. The Kier molecular flexibility index (Phi) is 1.63. The maximum Gasteiger partial charge on any atom is 0.0640 e. The molecule has 2 aliphatic rings. The van der Waals surface area contributed by atoms with E-state index in [1.807, 2.05) is 0 Å². The molecule has 3 unspecified atom stereocenters. The summed E-state index contributed by atoms with van der Waals surface area (Å²) in [7, 11) is 0. The van der Waals surface area contributed by atoms with Gasteiger partial charge in [0.2, 0.25) is 0 Å². The monoisotopic (exact) mass is 166 g/mol. The highest BCUT2D eigenvalue weighted by Crippen LogP contribution is 2.55. The van der Waals surface area contributed by atoms with Gasteiger partial charge >= 0.3 is 0 Å². The summed E-state index contributed by atoms with van der Waals surface area (Å²) in [6.07, 6.45) is 7.51. The van der Waals surface area contributed by atoms with E-state index in [4.69, 9.17) is 4.74 Å². The molecule has 0 aromatic heterocycles. The van der Waals surface area contributed by atoms with Crippen molar-refractivity contribution in [2.75, 3.05) is 6.61 Å². The average molecular weight is 166 g/mol. The number of hydrogen-bond acceptors (Lipinski definition) is 1. The predicted molar refractivity (Wildman–Crippen MR) is 50.0 cm³/mol.